The van der Waals surface area contributed by atoms with Gasteiger partial charge in [0.15, 0.2) is 0 Å². The maximum Gasteiger partial charge on any atom is 0.327 e. The van der Waals surface area contributed by atoms with E-state index < -0.39 is 5.97 Å². The molecule has 1 N–H and O–H groups in total. The van der Waals surface area contributed by atoms with Crippen molar-refractivity contribution < 1.29 is 9.90 Å². The summed E-state index contributed by atoms with van der Waals surface area (Å²) in [7, 11) is 0. The number of carbonyl (C=O) groups is 1. The largest absolute Gasteiger partial charge is 0.478 e. The minimum atomic E-state index is -0.869. The van der Waals surface area contributed by atoms with Crippen LogP contribution in [0.3, 0.4) is 0 Å². The zero-order valence-corrected chi connectivity index (χ0v) is 10.9. The first-order chi connectivity index (χ1) is 8.77. The maximum absolute atomic E-state index is 10.2. The van der Waals surface area contributed by atoms with Gasteiger partial charge in [-0.2, -0.15) is 0 Å². The second-order valence-corrected chi connectivity index (χ2v) is 3.73. The quantitative estimate of drug-likeness (QED) is 0.307. The van der Waals surface area contributed by atoms with Crippen LogP contribution in [0.4, 0.5) is 0 Å². The summed E-state index contributed by atoms with van der Waals surface area (Å²) in [5, 5.41) is 8.38. The molecule has 96 valence electrons. The molecular weight excluding hydrogens is 224 g/mol. The predicted octanol–water partition coefficient (Wildman–Crippen LogP) is 3.55. The summed E-state index contributed by atoms with van der Waals surface area (Å²) in [6.45, 7) is 1.77. The molecule has 0 rings (SSSR count). The predicted molar refractivity (Wildman–Crippen MR) is 74.8 cm³/mol. The van der Waals surface area contributed by atoms with E-state index in [1.807, 2.05) is 0 Å². The Balaban J connectivity index is 3.35. The van der Waals surface area contributed by atoms with Crippen molar-refractivity contribution in [2.24, 2.45) is 0 Å². The van der Waals surface area contributed by atoms with Crippen LogP contribution in [0, 0.1) is 23.7 Å². The fourth-order valence-electron chi connectivity index (χ4n) is 1.30. The highest BCUT2D eigenvalue weighted by atomic mass is 16.4. The molecule has 0 spiro atoms. The lowest BCUT2D eigenvalue weighted by Crippen LogP contribution is -1.85. The molecule has 0 saturated carbocycles. The summed E-state index contributed by atoms with van der Waals surface area (Å²) >= 11 is 0. The zero-order valence-electron chi connectivity index (χ0n) is 10.9. The molecule has 0 aliphatic carbocycles. The lowest BCUT2D eigenvalue weighted by atomic mass is 10.1. The second-order valence-electron chi connectivity index (χ2n) is 3.73. The van der Waals surface area contributed by atoms with Gasteiger partial charge in [0.1, 0.15) is 0 Å². The first-order valence-corrected chi connectivity index (χ1v) is 6.21. The standard InChI is InChI=1S/C16H20O2/c1-2-3-4-5-6-7-8-9-10-11-12-13-14-15-16(17)18/h7-8,14-15H,6,9-13H2,1H3,(H,17,18)/b8-7-,15-14+. The van der Waals surface area contributed by atoms with Crippen LogP contribution in [0.15, 0.2) is 24.3 Å². The lowest BCUT2D eigenvalue weighted by molar-refractivity contribution is -0.131. The Bertz CT molecular complexity index is 394. The van der Waals surface area contributed by atoms with E-state index in [-0.39, 0.29) is 0 Å². The topological polar surface area (TPSA) is 37.3 Å². The average Bonchev–Trinajstić information content (AvgIpc) is 2.34. The van der Waals surface area contributed by atoms with Crippen LogP contribution in [0.25, 0.3) is 0 Å². The van der Waals surface area contributed by atoms with E-state index in [0.717, 1.165) is 38.5 Å². The highest BCUT2D eigenvalue weighted by Crippen LogP contribution is 2.04. The first-order valence-electron chi connectivity index (χ1n) is 6.21. The van der Waals surface area contributed by atoms with Crippen LogP contribution in [0.2, 0.25) is 0 Å². The van der Waals surface area contributed by atoms with Crippen molar-refractivity contribution in [3.8, 4) is 23.7 Å². The molecule has 0 amide bonds. The zero-order chi connectivity index (χ0) is 13.5. The number of carboxylic acid groups (broad SMARTS) is 1. The third-order valence-electron chi connectivity index (χ3n) is 2.16. The molecule has 0 bridgehead atoms. The SMILES string of the molecule is CC#CC#CC/C=C\CCCCC/C=C/C(=O)O. The minimum Gasteiger partial charge on any atom is -0.478 e. The Morgan fingerprint density at radius 2 is 1.78 bits per heavy atom. The highest BCUT2D eigenvalue weighted by molar-refractivity contribution is 5.79. The van der Waals surface area contributed by atoms with Gasteiger partial charge in [0.25, 0.3) is 0 Å². The Morgan fingerprint density at radius 1 is 1.06 bits per heavy atom. The number of hydrogen-bond donors (Lipinski definition) is 1. The van der Waals surface area contributed by atoms with Crippen molar-refractivity contribution >= 4 is 5.97 Å². The Hall–Kier alpha value is -1.93. The molecular formula is C16H20O2. The van der Waals surface area contributed by atoms with E-state index in [0.29, 0.717) is 0 Å². The summed E-state index contributed by atoms with van der Waals surface area (Å²) < 4.78 is 0. The number of carboxylic acids is 1. The number of hydrogen-bond acceptors (Lipinski definition) is 1. The average molecular weight is 244 g/mol. The van der Waals surface area contributed by atoms with Gasteiger partial charge < -0.3 is 5.11 Å². The fraction of sp³-hybridized carbons (Fsp3) is 0.438. The summed E-state index contributed by atoms with van der Waals surface area (Å²) in [6.07, 6.45) is 13.1. The lowest BCUT2D eigenvalue weighted by Gasteiger charge is -1.94. The molecule has 0 radical (unpaired) electrons. The van der Waals surface area contributed by atoms with Gasteiger partial charge in [0.2, 0.25) is 0 Å². The van der Waals surface area contributed by atoms with Gasteiger partial charge in [0, 0.05) is 12.5 Å². The van der Waals surface area contributed by atoms with Crippen molar-refractivity contribution in [3.05, 3.63) is 24.3 Å². The van der Waals surface area contributed by atoms with Gasteiger partial charge in [-0.15, -0.1) is 0 Å². The summed E-state index contributed by atoms with van der Waals surface area (Å²) in [4.78, 5) is 10.2. The van der Waals surface area contributed by atoms with E-state index in [9.17, 15) is 4.79 Å². The summed E-state index contributed by atoms with van der Waals surface area (Å²) in [6, 6.07) is 0. The van der Waals surface area contributed by atoms with Crippen LogP contribution < -0.4 is 0 Å². The minimum absolute atomic E-state index is 0.760. The summed E-state index contributed by atoms with van der Waals surface area (Å²) in [5.41, 5.74) is 0. The molecule has 0 fully saturated rings. The Morgan fingerprint density at radius 3 is 2.44 bits per heavy atom. The molecule has 18 heavy (non-hydrogen) atoms. The van der Waals surface area contributed by atoms with Crippen molar-refractivity contribution in [2.75, 3.05) is 0 Å². The third kappa shape index (κ3) is 14.1. The molecule has 0 saturated heterocycles. The smallest absolute Gasteiger partial charge is 0.327 e. The van der Waals surface area contributed by atoms with Crippen LogP contribution in [0.5, 0.6) is 0 Å². The molecule has 2 nitrogen and oxygen atoms in total. The van der Waals surface area contributed by atoms with Crippen LogP contribution >= 0.6 is 0 Å². The molecule has 0 aliphatic rings. The van der Waals surface area contributed by atoms with E-state index >= 15 is 0 Å². The monoisotopic (exact) mass is 244 g/mol. The van der Waals surface area contributed by atoms with Crippen molar-refractivity contribution in [1.82, 2.24) is 0 Å². The Labute approximate surface area is 110 Å². The molecule has 0 atom stereocenters. The van der Waals surface area contributed by atoms with Crippen LogP contribution in [-0.2, 0) is 4.79 Å². The molecule has 2 heteroatoms. The molecule has 0 aromatic carbocycles. The molecule has 0 aromatic heterocycles. The van der Waals surface area contributed by atoms with Gasteiger partial charge in [-0.05, 0) is 44.4 Å². The fourth-order valence-corrected chi connectivity index (χ4v) is 1.30. The van der Waals surface area contributed by atoms with Gasteiger partial charge >= 0.3 is 5.97 Å². The Kier molecular flexibility index (Phi) is 11.7. The van der Waals surface area contributed by atoms with Crippen molar-refractivity contribution in [1.29, 1.82) is 0 Å². The van der Waals surface area contributed by atoms with Gasteiger partial charge in [-0.1, -0.05) is 36.5 Å². The van der Waals surface area contributed by atoms with Crippen LogP contribution in [0.1, 0.15) is 45.4 Å². The molecule has 0 heterocycles. The number of rotatable bonds is 8. The van der Waals surface area contributed by atoms with Crippen LogP contribution in [-0.4, -0.2) is 11.1 Å². The van der Waals surface area contributed by atoms with Crippen molar-refractivity contribution in [3.63, 3.8) is 0 Å². The molecule has 0 aliphatic heterocycles. The maximum atomic E-state index is 10.2. The van der Waals surface area contributed by atoms with E-state index in [1.165, 1.54) is 6.08 Å². The number of unbranched alkanes of at least 4 members (excludes halogenated alkanes) is 4. The first kappa shape index (κ1) is 16.1. The van der Waals surface area contributed by atoms with Gasteiger partial charge in [-0.3, -0.25) is 0 Å². The number of allylic oxidation sites excluding steroid dienone is 3. The number of aliphatic carboxylic acids is 1. The van der Waals surface area contributed by atoms with E-state index in [4.69, 9.17) is 5.11 Å². The second kappa shape index (κ2) is 13.1. The van der Waals surface area contributed by atoms with Gasteiger partial charge in [0.05, 0.1) is 0 Å². The van der Waals surface area contributed by atoms with E-state index in [2.05, 4.69) is 35.8 Å². The summed E-state index contributed by atoms with van der Waals surface area (Å²) in [5.74, 6) is 10.2. The third-order valence-corrected chi connectivity index (χ3v) is 2.16. The van der Waals surface area contributed by atoms with Gasteiger partial charge in [-0.25, -0.2) is 4.79 Å². The molecule has 0 aromatic rings. The van der Waals surface area contributed by atoms with Crippen molar-refractivity contribution in [2.45, 2.75) is 45.4 Å². The highest BCUT2D eigenvalue weighted by Gasteiger charge is 1.87. The van der Waals surface area contributed by atoms with E-state index in [1.54, 1.807) is 13.0 Å². The normalized spacial score (nSPS) is 9.83. The molecule has 0 unspecified atom stereocenters.